The van der Waals surface area contributed by atoms with Crippen molar-refractivity contribution in [2.45, 2.75) is 0 Å². The van der Waals surface area contributed by atoms with E-state index < -0.39 is 0 Å². The van der Waals surface area contributed by atoms with Crippen molar-refractivity contribution in [3.8, 4) is 0 Å². The van der Waals surface area contributed by atoms with Gasteiger partial charge in [-0.25, -0.2) is 15.0 Å². The van der Waals surface area contributed by atoms with Crippen LogP contribution < -0.4 is 11.5 Å². The van der Waals surface area contributed by atoms with Crippen LogP contribution in [0.5, 0.6) is 0 Å². The summed E-state index contributed by atoms with van der Waals surface area (Å²) in [4.78, 5) is 15.3. The third kappa shape index (κ3) is 1.01. The minimum Gasteiger partial charge on any atom is -0.384 e. The van der Waals surface area contributed by atoms with Crippen molar-refractivity contribution in [1.82, 2.24) is 19.9 Å². The lowest BCUT2D eigenvalue weighted by molar-refractivity contribution is 1.21. The van der Waals surface area contributed by atoms with Crippen LogP contribution in [-0.2, 0) is 0 Å². The number of pyridine rings is 1. The number of fused-ring (bicyclic) bond motifs is 3. The van der Waals surface area contributed by atoms with Crippen molar-refractivity contribution >= 4 is 33.7 Å². The minimum atomic E-state index is 0.407. The molecule has 6 nitrogen and oxygen atoms in total. The standard InChI is InChI=1S/C9H8N6/c10-5-2-1-4-7(15-5)6-8(11)12-3-13-9(6)14-4/h1-3H,(H2,10,15)(H3,11,12,13,14). The number of rotatable bonds is 0. The third-order valence-corrected chi connectivity index (χ3v) is 2.28. The summed E-state index contributed by atoms with van der Waals surface area (Å²) in [6.45, 7) is 0. The van der Waals surface area contributed by atoms with Crippen molar-refractivity contribution in [3.63, 3.8) is 0 Å². The molecule has 6 heteroatoms. The lowest BCUT2D eigenvalue weighted by Gasteiger charge is -1.94. The van der Waals surface area contributed by atoms with Crippen LogP contribution >= 0.6 is 0 Å². The van der Waals surface area contributed by atoms with Gasteiger partial charge in [-0.3, -0.25) is 0 Å². The molecule has 15 heavy (non-hydrogen) atoms. The monoisotopic (exact) mass is 200 g/mol. The molecule has 0 spiro atoms. The van der Waals surface area contributed by atoms with E-state index in [4.69, 9.17) is 11.5 Å². The average molecular weight is 200 g/mol. The second-order valence-electron chi connectivity index (χ2n) is 3.24. The Kier molecular flexibility index (Phi) is 1.37. The Bertz CT molecular complexity index is 656. The van der Waals surface area contributed by atoms with E-state index in [1.165, 1.54) is 6.33 Å². The van der Waals surface area contributed by atoms with Crippen molar-refractivity contribution < 1.29 is 0 Å². The fourth-order valence-corrected chi connectivity index (χ4v) is 1.62. The Morgan fingerprint density at radius 2 is 2.00 bits per heavy atom. The molecule has 3 heterocycles. The predicted molar refractivity (Wildman–Crippen MR) is 58.0 cm³/mol. The Morgan fingerprint density at radius 1 is 1.13 bits per heavy atom. The average Bonchev–Trinajstić information content (AvgIpc) is 2.57. The molecule has 0 aliphatic heterocycles. The number of nitrogen functional groups attached to an aromatic ring is 2. The van der Waals surface area contributed by atoms with E-state index >= 15 is 0 Å². The highest BCUT2D eigenvalue weighted by molar-refractivity contribution is 6.08. The first-order chi connectivity index (χ1) is 7.25. The second-order valence-corrected chi connectivity index (χ2v) is 3.24. The molecule has 74 valence electrons. The van der Waals surface area contributed by atoms with Gasteiger partial charge >= 0.3 is 0 Å². The highest BCUT2D eigenvalue weighted by atomic mass is 15.0. The summed E-state index contributed by atoms with van der Waals surface area (Å²) in [6, 6.07) is 3.57. The Balaban J connectivity index is 2.61. The predicted octanol–water partition coefficient (Wildman–Crippen LogP) is 0.670. The largest absolute Gasteiger partial charge is 0.384 e. The van der Waals surface area contributed by atoms with Gasteiger partial charge in [0.05, 0.1) is 10.9 Å². The fourth-order valence-electron chi connectivity index (χ4n) is 1.62. The molecule has 0 bridgehead atoms. The molecule has 0 amide bonds. The van der Waals surface area contributed by atoms with E-state index in [0.717, 1.165) is 10.9 Å². The number of aromatic nitrogens is 4. The van der Waals surface area contributed by atoms with Gasteiger partial charge in [-0.05, 0) is 12.1 Å². The van der Waals surface area contributed by atoms with Crippen LogP contribution in [0.25, 0.3) is 22.1 Å². The molecule has 0 fully saturated rings. The van der Waals surface area contributed by atoms with Crippen LogP contribution in [0, 0.1) is 0 Å². The normalized spacial score (nSPS) is 11.2. The molecule has 0 aromatic carbocycles. The first-order valence-electron chi connectivity index (χ1n) is 4.40. The molecule has 0 aliphatic rings. The first-order valence-corrected chi connectivity index (χ1v) is 4.40. The van der Waals surface area contributed by atoms with Crippen molar-refractivity contribution in [1.29, 1.82) is 0 Å². The van der Waals surface area contributed by atoms with Gasteiger partial charge in [0.2, 0.25) is 0 Å². The van der Waals surface area contributed by atoms with Crippen LogP contribution in [0.3, 0.4) is 0 Å². The zero-order valence-corrected chi connectivity index (χ0v) is 7.73. The Labute approximate surface area is 84.3 Å². The van der Waals surface area contributed by atoms with E-state index in [0.29, 0.717) is 22.8 Å². The molecule has 3 aromatic rings. The molecule has 0 atom stereocenters. The van der Waals surface area contributed by atoms with Gasteiger partial charge in [-0.1, -0.05) is 0 Å². The Morgan fingerprint density at radius 3 is 2.87 bits per heavy atom. The quantitative estimate of drug-likeness (QED) is 0.494. The molecule has 0 saturated heterocycles. The maximum Gasteiger partial charge on any atom is 0.145 e. The third-order valence-electron chi connectivity index (χ3n) is 2.28. The van der Waals surface area contributed by atoms with Gasteiger partial charge in [-0.15, -0.1) is 0 Å². The maximum atomic E-state index is 5.76. The van der Waals surface area contributed by atoms with Crippen LogP contribution in [-0.4, -0.2) is 19.9 Å². The zero-order valence-electron chi connectivity index (χ0n) is 7.73. The summed E-state index contributed by atoms with van der Waals surface area (Å²) in [6.07, 6.45) is 1.41. The summed E-state index contributed by atoms with van der Waals surface area (Å²) in [5, 5.41) is 0.722. The number of hydrogen-bond acceptors (Lipinski definition) is 5. The summed E-state index contributed by atoms with van der Waals surface area (Å²) < 4.78 is 0. The molecule has 0 unspecified atom stereocenters. The molecule has 0 radical (unpaired) electrons. The molecular formula is C9H8N6. The fraction of sp³-hybridized carbons (Fsp3) is 0. The van der Waals surface area contributed by atoms with Gasteiger partial charge in [0, 0.05) is 0 Å². The first kappa shape index (κ1) is 7.98. The van der Waals surface area contributed by atoms with Crippen LogP contribution in [0.1, 0.15) is 0 Å². The molecule has 3 rings (SSSR count). The van der Waals surface area contributed by atoms with Crippen LogP contribution in [0.15, 0.2) is 18.5 Å². The number of nitrogens with zero attached hydrogens (tertiary/aromatic N) is 3. The van der Waals surface area contributed by atoms with E-state index in [9.17, 15) is 0 Å². The van der Waals surface area contributed by atoms with E-state index in [-0.39, 0.29) is 0 Å². The zero-order chi connectivity index (χ0) is 10.4. The lowest BCUT2D eigenvalue weighted by Crippen LogP contribution is -1.92. The molecule has 5 N–H and O–H groups in total. The van der Waals surface area contributed by atoms with Gasteiger partial charge in [-0.2, -0.15) is 0 Å². The van der Waals surface area contributed by atoms with Gasteiger partial charge < -0.3 is 16.5 Å². The number of H-pyrrole nitrogens is 1. The lowest BCUT2D eigenvalue weighted by atomic mass is 10.3. The summed E-state index contributed by atoms with van der Waals surface area (Å²) in [7, 11) is 0. The summed E-state index contributed by atoms with van der Waals surface area (Å²) >= 11 is 0. The molecule has 0 aliphatic carbocycles. The topological polar surface area (TPSA) is 106 Å². The number of nitrogens with one attached hydrogen (secondary N) is 1. The highest BCUT2D eigenvalue weighted by Crippen LogP contribution is 2.25. The Hall–Kier alpha value is -2.37. The van der Waals surface area contributed by atoms with E-state index in [2.05, 4.69) is 19.9 Å². The van der Waals surface area contributed by atoms with Crippen molar-refractivity contribution in [2.24, 2.45) is 0 Å². The SMILES string of the molecule is Nc1ccc2[nH]c3ncnc(N)c3c2n1. The van der Waals surface area contributed by atoms with Gasteiger partial charge in [0.25, 0.3) is 0 Å². The minimum absolute atomic E-state index is 0.407. The second kappa shape index (κ2) is 2.57. The molecular weight excluding hydrogens is 192 g/mol. The van der Waals surface area contributed by atoms with Gasteiger partial charge in [0.1, 0.15) is 29.1 Å². The smallest absolute Gasteiger partial charge is 0.145 e. The highest BCUT2D eigenvalue weighted by Gasteiger charge is 2.09. The van der Waals surface area contributed by atoms with Crippen molar-refractivity contribution in [3.05, 3.63) is 18.5 Å². The van der Waals surface area contributed by atoms with Gasteiger partial charge in [0.15, 0.2) is 0 Å². The summed E-state index contributed by atoms with van der Waals surface area (Å²) in [5.74, 6) is 0.857. The number of nitrogens with two attached hydrogens (primary N) is 2. The maximum absolute atomic E-state index is 5.76. The molecule has 0 saturated carbocycles. The summed E-state index contributed by atoms with van der Waals surface area (Å²) in [5.41, 5.74) is 13.6. The van der Waals surface area contributed by atoms with Crippen LogP contribution in [0.2, 0.25) is 0 Å². The van der Waals surface area contributed by atoms with Crippen molar-refractivity contribution in [2.75, 3.05) is 11.5 Å². The molecule has 3 aromatic heterocycles. The number of anilines is 2. The number of aromatic amines is 1. The van der Waals surface area contributed by atoms with E-state index in [1.54, 1.807) is 6.07 Å². The van der Waals surface area contributed by atoms with E-state index in [1.807, 2.05) is 6.07 Å². The van der Waals surface area contributed by atoms with Crippen LogP contribution in [0.4, 0.5) is 11.6 Å². The number of hydrogen-bond donors (Lipinski definition) is 3.